The molecule has 0 amide bonds. The van der Waals surface area contributed by atoms with Gasteiger partial charge in [0.15, 0.2) is 0 Å². The molecule has 0 unspecified atom stereocenters. The van der Waals surface area contributed by atoms with Gasteiger partial charge in [-0.05, 0) is 43.3 Å². The number of hydrogen-bond donors (Lipinski definition) is 1. The maximum absolute atomic E-state index is 13.4. The van der Waals surface area contributed by atoms with Crippen molar-refractivity contribution in [2.45, 2.75) is 13.3 Å². The van der Waals surface area contributed by atoms with Crippen molar-refractivity contribution in [1.82, 2.24) is 14.4 Å². The maximum Gasteiger partial charge on any atom is 0.234 e. The monoisotopic (exact) mass is 270 g/mol. The molecule has 0 radical (unpaired) electrons. The molecule has 20 heavy (non-hydrogen) atoms. The van der Waals surface area contributed by atoms with Crippen LogP contribution in [0.25, 0.3) is 17.0 Å². The molecule has 0 saturated heterocycles. The Morgan fingerprint density at radius 3 is 2.95 bits per heavy atom. The van der Waals surface area contributed by atoms with E-state index in [-0.39, 0.29) is 5.82 Å². The first-order valence-corrected chi connectivity index (χ1v) is 6.49. The van der Waals surface area contributed by atoms with Crippen molar-refractivity contribution in [2.75, 3.05) is 6.54 Å². The number of fused-ring (bicyclic) bond motifs is 1. The molecular weight excluding hydrogens is 255 g/mol. The van der Waals surface area contributed by atoms with E-state index in [4.69, 9.17) is 5.73 Å². The van der Waals surface area contributed by atoms with Crippen molar-refractivity contribution >= 4 is 5.78 Å². The molecule has 0 atom stereocenters. The van der Waals surface area contributed by atoms with Crippen LogP contribution in [0.5, 0.6) is 0 Å². The standard InChI is InChI=1S/C15H15FN4/c1-10-9-11(3-4-12(10)16)14-13(5-6-17)20-8-2-7-18-15(20)19-14/h2-4,7-9H,5-6,17H2,1H3. The summed E-state index contributed by atoms with van der Waals surface area (Å²) >= 11 is 0. The summed E-state index contributed by atoms with van der Waals surface area (Å²) < 4.78 is 15.3. The zero-order valence-corrected chi connectivity index (χ0v) is 11.2. The van der Waals surface area contributed by atoms with Crippen LogP contribution in [-0.2, 0) is 6.42 Å². The average Bonchev–Trinajstić information content (AvgIpc) is 2.82. The van der Waals surface area contributed by atoms with E-state index >= 15 is 0 Å². The predicted octanol–water partition coefficient (Wildman–Crippen LogP) is 2.35. The van der Waals surface area contributed by atoms with Crippen LogP contribution in [-0.4, -0.2) is 20.9 Å². The van der Waals surface area contributed by atoms with Crippen LogP contribution >= 0.6 is 0 Å². The van der Waals surface area contributed by atoms with E-state index < -0.39 is 0 Å². The fraction of sp³-hybridized carbons (Fsp3) is 0.200. The first kappa shape index (κ1) is 12.7. The number of imidazole rings is 1. The quantitative estimate of drug-likeness (QED) is 0.794. The number of hydrogen-bond acceptors (Lipinski definition) is 3. The zero-order valence-electron chi connectivity index (χ0n) is 11.2. The van der Waals surface area contributed by atoms with Crippen LogP contribution in [0.2, 0.25) is 0 Å². The second kappa shape index (κ2) is 5.02. The number of aromatic nitrogens is 3. The number of rotatable bonds is 3. The fourth-order valence-corrected chi connectivity index (χ4v) is 2.33. The summed E-state index contributed by atoms with van der Waals surface area (Å²) in [5.74, 6) is 0.420. The van der Waals surface area contributed by atoms with E-state index in [1.165, 1.54) is 6.07 Å². The normalized spacial score (nSPS) is 11.2. The molecule has 0 spiro atoms. The first-order valence-electron chi connectivity index (χ1n) is 6.49. The van der Waals surface area contributed by atoms with E-state index in [0.717, 1.165) is 17.0 Å². The van der Waals surface area contributed by atoms with Gasteiger partial charge in [0, 0.05) is 24.4 Å². The molecule has 1 aromatic carbocycles. The van der Waals surface area contributed by atoms with Gasteiger partial charge in [0.1, 0.15) is 5.82 Å². The van der Waals surface area contributed by atoms with Crippen LogP contribution < -0.4 is 5.73 Å². The summed E-state index contributed by atoms with van der Waals surface area (Å²) in [6, 6.07) is 6.87. The highest BCUT2D eigenvalue weighted by atomic mass is 19.1. The van der Waals surface area contributed by atoms with Crippen LogP contribution in [0, 0.1) is 12.7 Å². The lowest BCUT2D eigenvalue weighted by atomic mass is 10.1. The Morgan fingerprint density at radius 2 is 2.20 bits per heavy atom. The third-order valence-corrected chi connectivity index (χ3v) is 3.32. The minimum atomic E-state index is -0.212. The SMILES string of the molecule is Cc1cc(-c2nc3ncccn3c2CCN)ccc1F. The largest absolute Gasteiger partial charge is 0.330 e. The molecule has 2 heterocycles. The molecule has 0 aliphatic carbocycles. The van der Waals surface area contributed by atoms with Gasteiger partial charge < -0.3 is 5.73 Å². The summed E-state index contributed by atoms with van der Waals surface area (Å²) in [7, 11) is 0. The van der Waals surface area contributed by atoms with Crippen molar-refractivity contribution in [3.05, 3.63) is 53.7 Å². The lowest BCUT2D eigenvalue weighted by Crippen LogP contribution is -2.06. The Hall–Kier alpha value is -2.27. The van der Waals surface area contributed by atoms with Crippen molar-refractivity contribution in [2.24, 2.45) is 5.73 Å². The number of nitrogens with zero attached hydrogens (tertiary/aromatic N) is 3. The molecule has 2 N–H and O–H groups in total. The van der Waals surface area contributed by atoms with Crippen LogP contribution in [0.1, 0.15) is 11.3 Å². The van der Waals surface area contributed by atoms with E-state index in [0.29, 0.717) is 24.3 Å². The number of benzene rings is 1. The van der Waals surface area contributed by atoms with Crippen LogP contribution in [0.15, 0.2) is 36.7 Å². The molecule has 0 aliphatic rings. The van der Waals surface area contributed by atoms with E-state index in [1.54, 1.807) is 25.3 Å². The molecule has 0 bridgehead atoms. The van der Waals surface area contributed by atoms with Gasteiger partial charge in [0.25, 0.3) is 0 Å². The summed E-state index contributed by atoms with van der Waals surface area (Å²) in [5.41, 5.74) is 9.00. The molecule has 5 heteroatoms. The predicted molar refractivity (Wildman–Crippen MR) is 75.9 cm³/mol. The summed E-state index contributed by atoms with van der Waals surface area (Å²) in [5, 5.41) is 0. The maximum atomic E-state index is 13.4. The van der Waals surface area contributed by atoms with Crippen LogP contribution in [0.4, 0.5) is 4.39 Å². The van der Waals surface area contributed by atoms with E-state index in [1.807, 2.05) is 16.7 Å². The van der Waals surface area contributed by atoms with Gasteiger partial charge in [0.2, 0.25) is 5.78 Å². The van der Waals surface area contributed by atoms with E-state index in [9.17, 15) is 4.39 Å². The Balaban J connectivity index is 2.23. The highest BCUT2D eigenvalue weighted by Crippen LogP contribution is 2.25. The highest BCUT2D eigenvalue weighted by molar-refractivity contribution is 5.66. The van der Waals surface area contributed by atoms with Crippen LogP contribution in [0.3, 0.4) is 0 Å². The summed E-state index contributed by atoms with van der Waals surface area (Å²) in [6.45, 7) is 2.27. The van der Waals surface area contributed by atoms with Gasteiger partial charge in [-0.25, -0.2) is 14.4 Å². The number of aryl methyl sites for hydroxylation is 1. The van der Waals surface area contributed by atoms with Gasteiger partial charge in [-0.2, -0.15) is 0 Å². The minimum Gasteiger partial charge on any atom is -0.330 e. The molecular formula is C15H15FN4. The van der Waals surface area contributed by atoms with Gasteiger partial charge >= 0.3 is 0 Å². The molecule has 0 fully saturated rings. The molecule has 0 aliphatic heterocycles. The highest BCUT2D eigenvalue weighted by Gasteiger charge is 2.14. The summed E-state index contributed by atoms with van der Waals surface area (Å²) in [6.07, 6.45) is 4.31. The molecule has 0 saturated carbocycles. The third-order valence-electron chi connectivity index (χ3n) is 3.32. The Morgan fingerprint density at radius 1 is 1.35 bits per heavy atom. The zero-order chi connectivity index (χ0) is 14.1. The number of halogens is 1. The van der Waals surface area contributed by atoms with Crippen molar-refractivity contribution in [3.63, 3.8) is 0 Å². The minimum absolute atomic E-state index is 0.212. The molecule has 4 nitrogen and oxygen atoms in total. The number of nitrogens with two attached hydrogens (primary N) is 1. The molecule has 3 rings (SSSR count). The third kappa shape index (κ3) is 2.06. The van der Waals surface area contributed by atoms with Crippen molar-refractivity contribution in [1.29, 1.82) is 0 Å². The molecule has 2 aromatic heterocycles. The Labute approximate surface area is 116 Å². The smallest absolute Gasteiger partial charge is 0.234 e. The molecule has 3 aromatic rings. The van der Waals surface area contributed by atoms with Gasteiger partial charge in [-0.1, -0.05) is 0 Å². The van der Waals surface area contributed by atoms with Crippen molar-refractivity contribution < 1.29 is 4.39 Å². The lowest BCUT2D eigenvalue weighted by Gasteiger charge is -2.05. The Kier molecular flexibility index (Phi) is 3.20. The first-order chi connectivity index (χ1) is 9.70. The Bertz CT molecular complexity index is 764. The van der Waals surface area contributed by atoms with E-state index in [2.05, 4.69) is 9.97 Å². The molecule has 102 valence electrons. The summed E-state index contributed by atoms with van der Waals surface area (Å²) in [4.78, 5) is 8.79. The topological polar surface area (TPSA) is 56.2 Å². The van der Waals surface area contributed by atoms with Gasteiger partial charge in [-0.3, -0.25) is 4.40 Å². The fourth-order valence-electron chi connectivity index (χ4n) is 2.33. The second-order valence-electron chi connectivity index (χ2n) is 4.70. The van der Waals surface area contributed by atoms with Gasteiger partial charge in [-0.15, -0.1) is 0 Å². The average molecular weight is 270 g/mol. The second-order valence-corrected chi connectivity index (χ2v) is 4.70. The lowest BCUT2D eigenvalue weighted by molar-refractivity contribution is 0.618. The van der Waals surface area contributed by atoms with Crippen molar-refractivity contribution in [3.8, 4) is 11.3 Å². The van der Waals surface area contributed by atoms with Gasteiger partial charge in [0.05, 0.1) is 11.4 Å².